The normalized spacial score (nSPS) is 9.00. The van der Waals surface area contributed by atoms with E-state index in [-0.39, 0.29) is 18.2 Å². The Kier molecular flexibility index (Phi) is 2.94. The van der Waals surface area contributed by atoms with Crippen molar-refractivity contribution >= 4 is 21.8 Å². The van der Waals surface area contributed by atoms with Gasteiger partial charge in [0.05, 0.1) is 6.54 Å². The molecule has 1 rings (SSSR count). The van der Waals surface area contributed by atoms with Crippen LogP contribution in [0.25, 0.3) is 0 Å². The summed E-state index contributed by atoms with van der Waals surface area (Å²) in [6.45, 7) is 0.206. The number of carbonyl (C=O) groups excluding carboxylic acids is 1. The number of carbonyl (C=O) groups is 1. The Morgan fingerprint density at radius 2 is 2.50 bits per heavy atom. The highest BCUT2D eigenvalue weighted by atomic mass is 79.9. The van der Waals surface area contributed by atoms with E-state index in [1.165, 1.54) is 0 Å². The van der Waals surface area contributed by atoms with Crippen LogP contribution in [0, 0.1) is 12.3 Å². The van der Waals surface area contributed by atoms with Gasteiger partial charge in [-0.1, -0.05) is 5.92 Å². The first-order valence-corrected chi connectivity index (χ1v) is 4.00. The molecule has 62 valence electrons. The van der Waals surface area contributed by atoms with Crippen molar-refractivity contribution in [2.24, 2.45) is 0 Å². The second kappa shape index (κ2) is 3.98. The summed E-state index contributed by atoms with van der Waals surface area (Å²) >= 11 is 3.08. The fourth-order valence-electron chi connectivity index (χ4n) is 0.655. The van der Waals surface area contributed by atoms with Crippen LogP contribution in [0.15, 0.2) is 21.2 Å². The first kappa shape index (κ1) is 8.88. The molecule has 0 aliphatic carbocycles. The topological polar surface area (TPSA) is 42.2 Å². The largest absolute Gasteiger partial charge is 0.444 e. The van der Waals surface area contributed by atoms with Crippen molar-refractivity contribution in [1.29, 1.82) is 0 Å². The molecule has 4 heteroatoms. The molecule has 0 unspecified atom stereocenters. The zero-order valence-corrected chi connectivity index (χ0v) is 7.72. The van der Waals surface area contributed by atoms with Gasteiger partial charge in [-0.2, -0.15) is 0 Å². The molecule has 0 atom stereocenters. The van der Waals surface area contributed by atoms with Gasteiger partial charge in [0.25, 0.3) is 5.91 Å². The highest BCUT2D eigenvalue weighted by Gasteiger charge is 2.07. The van der Waals surface area contributed by atoms with E-state index in [4.69, 9.17) is 10.8 Å². The number of terminal acetylenes is 1. The van der Waals surface area contributed by atoms with E-state index in [1.54, 1.807) is 12.1 Å². The lowest BCUT2D eigenvalue weighted by Gasteiger charge is -1.95. The third-order valence-corrected chi connectivity index (χ3v) is 1.57. The summed E-state index contributed by atoms with van der Waals surface area (Å²) in [6, 6.07) is 3.21. The zero-order chi connectivity index (χ0) is 8.97. The third-order valence-electron chi connectivity index (χ3n) is 1.15. The Balaban J connectivity index is 2.61. The van der Waals surface area contributed by atoms with Gasteiger partial charge in [-0.05, 0) is 28.1 Å². The third kappa shape index (κ3) is 2.14. The summed E-state index contributed by atoms with van der Waals surface area (Å²) in [5.41, 5.74) is 0. The SMILES string of the molecule is C#CCNC(=O)c1ccc(Br)o1. The highest BCUT2D eigenvalue weighted by Crippen LogP contribution is 2.13. The molecular formula is C8H6BrNO2. The molecule has 0 fully saturated rings. The average molecular weight is 228 g/mol. The molecule has 0 saturated carbocycles. The fourth-order valence-corrected chi connectivity index (χ4v) is 0.961. The molecule has 1 N–H and O–H groups in total. The quantitative estimate of drug-likeness (QED) is 0.777. The van der Waals surface area contributed by atoms with Gasteiger partial charge in [-0.15, -0.1) is 6.42 Å². The zero-order valence-electron chi connectivity index (χ0n) is 6.13. The molecule has 0 aliphatic heterocycles. The molecule has 1 heterocycles. The number of furan rings is 1. The Labute approximate surface area is 78.3 Å². The molecule has 0 aliphatic rings. The van der Waals surface area contributed by atoms with E-state index in [0.29, 0.717) is 4.67 Å². The molecule has 0 spiro atoms. The summed E-state index contributed by atoms with van der Waals surface area (Å²) < 4.78 is 5.50. The van der Waals surface area contributed by atoms with Gasteiger partial charge in [0.2, 0.25) is 0 Å². The van der Waals surface area contributed by atoms with Crippen LogP contribution in [-0.4, -0.2) is 12.5 Å². The molecule has 1 aromatic rings. The number of nitrogens with one attached hydrogen (secondary N) is 1. The molecule has 3 nitrogen and oxygen atoms in total. The van der Waals surface area contributed by atoms with E-state index >= 15 is 0 Å². The van der Waals surface area contributed by atoms with Crippen LogP contribution < -0.4 is 5.32 Å². The van der Waals surface area contributed by atoms with Crippen LogP contribution in [0.1, 0.15) is 10.6 Å². The van der Waals surface area contributed by atoms with Gasteiger partial charge in [-0.3, -0.25) is 4.79 Å². The number of amides is 1. The minimum absolute atomic E-state index is 0.206. The summed E-state index contributed by atoms with van der Waals surface area (Å²) in [5, 5.41) is 2.47. The second-order valence-corrected chi connectivity index (χ2v) is 2.77. The van der Waals surface area contributed by atoms with Crippen molar-refractivity contribution in [3.63, 3.8) is 0 Å². The van der Waals surface area contributed by atoms with Crippen molar-refractivity contribution in [2.45, 2.75) is 0 Å². The van der Waals surface area contributed by atoms with Crippen LogP contribution in [-0.2, 0) is 0 Å². The fraction of sp³-hybridized carbons (Fsp3) is 0.125. The van der Waals surface area contributed by atoms with Crippen LogP contribution in [0.4, 0.5) is 0 Å². The van der Waals surface area contributed by atoms with Crippen molar-refractivity contribution in [1.82, 2.24) is 5.32 Å². The Morgan fingerprint density at radius 1 is 1.75 bits per heavy atom. The maximum atomic E-state index is 11.1. The summed E-state index contributed by atoms with van der Waals surface area (Å²) in [4.78, 5) is 11.1. The summed E-state index contributed by atoms with van der Waals surface area (Å²) in [7, 11) is 0. The van der Waals surface area contributed by atoms with E-state index in [2.05, 4.69) is 27.2 Å². The molecular weight excluding hydrogens is 222 g/mol. The van der Waals surface area contributed by atoms with E-state index in [0.717, 1.165) is 0 Å². The molecule has 0 bridgehead atoms. The van der Waals surface area contributed by atoms with Gasteiger partial charge in [0.15, 0.2) is 10.4 Å². The molecule has 0 aromatic carbocycles. The molecule has 1 aromatic heterocycles. The summed E-state index contributed by atoms with van der Waals surface area (Å²) in [5.74, 6) is 2.23. The first-order chi connectivity index (χ1) is 5.74. The van der Waals surface area contributed by atoms with Crippen molar-refractivity contribution in [3.05, 3.63) is 22.6 Å². The summed E-state index contributed by atoms with van der Waals surface area (Å²) in [6.07, 6.45) is 4.96. The van der Waals surface area contributed by atoms with Crippen LogP contribution in [0.2, 0.25) is 0 Å². The van der Waals surface area contributed by atoms with Crippen LogP contribution in [0.3, 0.4) is 0 Å². The standard InChI is InChI=1S/C8H6BrNO2/c1-2-5-10-8(11)6-3-4-7(9)12-6/h1,3-4H,5H2,(H,10,11). The van der Waals surface area contributed by atoms with Gasteiger partial charge in [0.1, 0.15) is 0 Å². The van der Waals surface area contributed by atoms with E-state index in [9.17, 15) is 4.79 Å². The van der Waals surface area contributed by atoms with Gasteiger partial charge < -0.3 is 9.73 Å². The van der Waals surface area contributed by atoms with E-state index < -0.39 is 0 Å². The smallest absolute Gasteiger partial charge is 0.287 e. The first-order valence-electron chi connectivity index (χ1n) is 3.21. The van der Waals surface area contributed by atoms with Crippen LogP contribution >= 0.6 is 15.9 Å². The Morgan fingerprint density at radius 3 is 3.00 bits per heavy atom. The van der Waals surface area contributed by atoms with Gasteiger partial charge in [-0.25, -0.2) is 0 Å². The van der Waals surface area contributed by atoms with Crippen molar-refractivity contribution in [2.75, 3.05) is 6.54 Å². The predicted octanol–water partition coefficient (Wildman–Crippen LogP) is 1.41. The average Bonchev–Trinajstić information content (AvgIpc) is 2.47. The number of halogens is 1. The minimum Gasteiger partial charge on any atom is -0.444 e. The maximum absolute atomic E-state index is 11.1. The lowest BCUT2D eigenvalue weighted by atomic mass is 10.4. The highest BCUT2D eigenvalue weighted by molar-refractivity contribution is 9.10. The number of rotatable bonds is 2. The minimum atomic E-state index is -0.307. The monoisotopic (exact) mass is 227 g/mol. The molecule has 0 saturated heterocycles. The Bertz CT molecular complexity index is 324. The molecule has 0 radical (unpaired) electrons. The maximum Gasteiger partial charge on any atom is 0.287 e. The lowest BCUT2D eigenvalue weighted by molar-refractivity contribution is 0.0930. The molecule has 12 heavy (non-hydrogen) atoms. The van der Waals surface area contributed by atoms with E-state index in [1.807, 2.05) is 0 Å². The second-order valence-electron chi connectivity index (χ2n) is 1.99. The molecule has 1 amide bonds. The number of hydrogen-bond donors (Lipinski definition) is 1. The van der Waals surface area contributed by atoms with Crippen molar-refractivity contribution < 1.29 is 9.21 Å². The van der Waals surface area contributed by atoms with Gasteiger partial charge in [0, 0.05) is 0 Å². The lowest BCUT2D eigenvalue weighted by Crippen LogP contribution is -2.22. The van der Waals surface area contributed by atoms with Gasteiger partial charge >= 0.3 is 0 Å². The number of hydrogen-bond acceptors (Lipinski definition) is 2. The predicted molar refractivity (Wildman–Crippen MR) is 47.6 cm³/mol. The Hall–Kier alpha value is -1.21. The van der Waals surface area contributed by atoms with Crippen LogP contribution in [0.5, 0.6) is 0 Å². The van der Waals surface area contributed by atoms with Crippen molar-refractivity contribution in [3.8, 4) is 12.3 Å².